The zero-order valence-electron chi connectivity index (χ0n) is 24.9. The van der Waals surface area contributed by atoms with E-state index < -0.39 is 24.3 Å². The first-order valence-electron chi connectivity index (χ1n) is 15.1. The molecule has 5 rings (SSSR count). The standard InChI is InChI=1S/C30H43N7O6/c1-16-9-10-30-19-6-7-21(38)26(30)43-25-22(8-5-17(24(25)30)14-18(16)19)42-29(41)37(2)13-12-34-27(40)20(36-23(39)15-31)4-3-11-35-28(32)33/h5-8,16,18-21,26,38H,3-4,9-15,31H2,1-2H3,(H,34,40)(H,36,39)(H4,32,33,35)/p+1/t16-,18+,19?,20+,21?,26+,30+/m1/s1. The van der Waals surface area contributed by atoms with E-state index in [4.69, 9.17) is 20.9 Å². The SMILES string of the molecule is C[C@@H]1CC[C@]23c4c5ccc(OC(=O)N(C)CCNC(=O)[C@H](CCCN=C(N)N)NC(=O)C[NH3+])c4O[C@H]2C(O)C=CC3[C@H]1C5. The van der Waals surface area contributed by atoms with Crippen LogP contribution in [0.5, 0.6) is 11.5 Å². The van der Waals surface area contributed by atoms with Gasteiger partial charge in [0.15, 0.2) is 24.0 Å². The molecule has 1 aliphatic heterocycles. The zero-order valence-corrected chi connectivity index (χ0v) is 24.9. The van der Waals surface area contributed by atoms with Gasteiger partial charge in [0.2, 0.25) is 5.91 Å². The van der Waals surface area contributed by atoms with Crippen LogP contribution in [0.2, 0.25) is 0 Å². The number of nitrogens with one attached hydrogen (secondary N) is 2. The summed E-state index contributed by atoms with van der Waals surface area (Å²) in [5.41, 5.74) is 16.2. The Hall–Kier alpha value is -3.84. The summed E-state index contributed by atoms with van der Waals surface area (Å²) in [6, 6.07) is 3.04. The number of nitrogens with two attached hydrogens (primary N) is 2. The number of allylic oxidation sites excluding steroid dienone is 1. The lowest BCUT2D eigenvalue weighted by molar-refractivity contribution is -0.355. The quantitative estimate of drug-likeness (QED) is 0.0817. The number of hydrogen-bond donors (Lipinski definition) is 6. The summed E-state index contributed by atoms with van der Waals surface area (Å²) in [5.74, 6) is 1.48. The smallest absolute Gasteiger partial charge is 0.415 e. The summed E-state index contributed by atoms with van der Waals surface area (Å²) in [6.07, 6.45) is 6.05. The minimum absolute atomic E-state index is 0.00163. The second-order valence-electron chi connectivity index (χ2n) is 12.2. The van der Waals surface area contributed by atoms with Crippen LogP contribution in [0.3, 0.4) is 0 Å². The van der Waals surface area contributed by atoms with Gasteiger partial charge in [0, 0.05) is 37.7 Å². The lowest BCUT2D eigenvalue weighted by Gasteiger charge is -2.55. The van der Waals surface area contributed by atoms with Crippen LogP contribution in [0.1, 0.15) is 43.7 Å². The average molecular weight is 599 g/mol. The van der Waals surface area contributed by atoms with Crippen molar-refractivity contribution in [3.63, 3.8) is 0 Å². The lowest BCUT2D eigenvalue weighted by Crippen LogP contribution is -2.60. The molecular weight excluding hydrogens is 554 g/mol. The number of nitrogens with zero attached hydrogens (tertiary/aromatic N) is 2. The molecule has 0 radical (unpaired) electrons. The van der Waals surface area contributed by atoms with Crippen LogP contribution in [-0.4, -0.2) is 85.4 Å². The molecule has 1 fully saturated rings. The van der Waals surface area contributed by atoms with E-state index in [1.54, 1.807) is 13.1 Å². The normalized spacial score (nSPS) is 28.1. The first-order valence-corrected chi connectivity index (χ1v) is 15.1. The van der Waals surface area contributed by atoms with Crippen molar-refractivity contribution < 1.29 is 34.7 Å². The van der Waals surface area contributed by atoms with E-state index in [0.29, 0.717) is 42.7 Å². The fraction of sp³-hybridized carbons (Fsp3) is 0.600. The van der Waals surface area contributed by atoms with Gasteiger partial charge in [0.25, 0.3) is 5.91 Å². The maximum atomic E-state index is 13.1. The number of carbonyl (C=O) groups excluding carboxylic acids is 3. The summed E-state index contributed by atoms with van der Waals surface area (Å²) in [5, 5.41) is 16.4. The molecule has 2 unspecified atom stereocenters. The third kappa shape index (κ3) is 5.75. The van der Waals surface area contributed by atoms with Crippen molar-refractivity contribution in [2.45, 2.75) is 62.7 Å². The number of aliphatic imine (C=N–C) groups is 1. The number of amides is 3. The number of ether oxygens (including phenoxy) is 2. The molecule has 10 N–H and O–H groups in total. The Bertz CT molecular complexity index is 1310. The highest BCUT2D eigenvalue weighted by Crippen LogP contribution is 2.65. The minimum Gasteiger partial charge on any atom is -0.482 e. The Kier molecular flexibility index (Phi) is 8.84. The highest BCUT2D eigenvalue weighted by Gasteiger charge is 2.64. The molecule has 2 bridgehead atoms. The summed E-state index contributed by atoms with van der Waals surface area (Å²) in [7, 11) is 1.58. The van der Waals surface area contributed by atoms with E-state index in [2.05, 4.69) is 34.4 Å². The predicted octanol–water partition coefficient (Wildman–Crippen LogP) is -0.838. The fourth-order valence-electron chi connectivity index (χ4n) is 7.44. The molecule has 3 aliphatic carbocycles. The molecule has 13 heteroatoms. The van der Waals surface area contributed by atoms with Crippen molar-refractivity contribution in [3.05, 3.63) is 35.4 Å². The molecule has 1 aromatic rings. The van der Waals surface area contributed by atoms with E-state index in [-0.39, 0.29) is 48.7 Å². The number of guanidine groups is 1. The van der Waals surface area contributed by atoms with E-state index in [1.807, 2.05) is 12.1 Å². The Morgan fingerprint density at radius 2 is 2.09 bits per heavy atom. The molecule has 7 atom stereocenters. The van der Waals surface area contributed by atoms with Crippen LogP contribution in [0.25, 0.3) is 0 Å². The summed E-state index contributed by atoms with van der Waals surface area (Å²) in [4.78, 5) is 43.1. The zero-order chi connectivity index (χ0) is 30.9. The lowest BCUT2D eigenvalue weighted by atomic mass is 9.48. The summed E-state index contributed by atoms with van der Waals surface area (Å²) in [6.45, 7) is 2.96. The number of benzene rings is 1. The van der Waals surface area contributed by atoms with Crippen molar-refractivity contribution in [1.82, 2.24) is 15.5 Å². The molecule has 1 heterocycles. The molecule has 3 amide bonds. The van der Waals surface area contributed by atoms with Crippen molar-refractivity contribution in [2.24, 2.45) is 34.2 Å². The molecule has 1 aromatic carbocycles. The average Bonchev–Trinajstić information content (AvgIpc) is 3.34. The Morgan fingerprint density at radius 3 is 2.84 bits per heavy atom. The van der Waals surface area contributed by atoms with Gasteiger partial charge in [-0.05, 0) is 61.5 Å². The van der Waals surface area contributed by atoms with E-state index >= 15 is 0 Å². The van der Waals surface area contributed by atoms with Crippen molar-refractivity contribution >= 4 is 23.9 Å². The van der Waals surface area contributed by atoms with Crippen LogP contribution in [-0.2, 0) is 21.4 Å². The maximum absolute atomic E-state index is 13.1. The topological polar surface area (TPSA) is 209 Å². The van der Waals surface area contributed by atoms with Gasteiger partial charge in [-0.3, -0.25) is 14.6 Å². The molecule has 234 valence electrons. The van der Waals surface area contributed by atoms with E-state index in [0.717, 1.165) is 24.8 Å². The second-order valence-corrected chi connectivity index (χ2v) is 12.2. The number of quaternary nitrogens is 1. The van der Waals surface area contributed by atoms with Gasteiger partial charge < -0.3 is 47.3 Å². The van der Waals surface area contributed by atoms with Crippen LogP contribution < -0.4 is 37.3 Å². The molecule has 1 saturated carbocycles. The summed E-state index contributed by atoms with van der Waals surface area (Å²) >= 11 is 0. The Balaban J connectivity index is 1.21. The first-order chi connectivity index (χ1) is 20.6. The van der Waals surface area contributed by atoms with Crippen LogP contribution in [0.4, 0.5) is 4.79 Å². The van der Waals surface area contributed by atoms with E-state index in [1.165, 1.54) is 10.5 Å². The Labute approximate surface area is 251 Å². The monoisotopic (exact) mass is 598 g/mol. The van der Waals surface area contributed by atoms with Gasteiger partial charge in [0.05, 0.1) is 0 Å². The number of likely N-dealkylation sites (N-methyl/N-ethyl adjacent to an activating group) is 1. The fourth-order valence-corrected chi connectivity index (χ4v) is 7.44. The van der Waals surface area contributed by atoms with Crippen molar-refractivity contribution in [3.8, 4) is 11.5 Å². The van der Waals surface area contributed by atoms with Crippen LogP contribution in [0, 0.1) is 17.8 Å². The number of rotatable bonds is 11. The predicted molar refractivity (Wildman–Crippen MR) is 158 cm³/mol. The molecule has 1 spiro atoms. The molecule has 4 aliphatic rings. The van der Waals surface area contributed by atoms with Gasteiger partial charge in [-0.25, -0.2) is 4.79 Å². The van der Waals surface area contributed by atoms with Gasteiger partial charge in [-0.2, -0.15) is 0 Å². The van der Waals surface area contributed by atoms with Gasteiger partial charge in [-0.15, -0.1) is 0 Å². The van der Waals surface area contributed by atoms with E-state index in [9.17, 15) is 19.5 Å². The van der Waals surface area contributed by atoms with Gasteiger partial charge in [0.1, 0.15) is 18.2 Å². The number of carbonyl (C=O) groups is 3. The van der Waals surface area contributed by atoms with Crippen molar-refractivity contribution in [2.75, 3.05) is 33.2 Å². The first kappa shape index (κ1) is 30.6. The molecule has 43 heavy (non-hydrogen) atoms. The van der Waals surface area contributed by atoms with Crippen LogP contribution in [0.15, 0.2) is 29.3 Å². The number of aliphatic hydroxyl groups is 1. The molecular formula is C30H44N7O6+. The summed E-state index contributed by atoms with van der Waals surface area (Å²) < 4.78 is 12.3. The second kappa shape index (κ2) is 12.4. The largest absolute Gasteiger partial charge is 0.482 e. The third-order valence-electron chi connectivity index (χ3n) is 9.59. The maximum Gasteiger partial charge on any atom is 0.415 e. The molecule has 0 aromatic heterocycles. The van der Waals surface area contributed by atoms with Gasteiger partial charge >= 0.3 is 6.09 Å². The highest BCUT2D eigenvalue weighted by molar-refractivity contribution is 5.87. The molecule has 0 saturated heterocycles. The highest BCUT2D eigenvalue weighted by atomic mass is 16.6. The minimum atomic E-state index is -0.781. The Morgan fingerprint density at radius 1 is 1.30 bits per heavy atom. The van der Waals surface area contributed by atoms with Crippen LogP contribution >= 0.6 is 0 Å². The number of aliphatic hydroxyl groups excluding tert-OH is 1. The number of hydrogen-bond acceptors (Lipinski definition) is 7. The third-order valence-corrected chi connectivity index (χ3v) is 9.59. The van der Waals surface area contributed by atoms with Crippen molar-refractivity contribution in [1.29, 1.82) is 0 Å². The van der Waals surface area contributed by atoms with Gasteiger partial charge in [-0.1, -0.05) is 25.1 Å². The molecule has 13 nitrogen and oxygen atoms in total.